The van der Waals surface area contributed by atoms with E-state index in [1.807, 2.05) is 0 Å². The van der Waals surface area contributed by atoms with E-state index in [9.17, 15) is 4.79 Å². The van der Waals surface area contributed by atoms with Crippen LogP contribution < -0.4 is 5.32 Å². The van der Waals surface area contributed by atoms with E-state index < -0.39 is 5.97 Å². The summed E-state index contributed by atoms with van der Waals surface area (Å²) in [7, 11) is 0. The van der Waals surface area contributed by atoms with E-state index in [1.54, 1.807) is 6.07 Å². The average molecular weight is 246 g/mol. The molecule has 0 radical (unpaired) electrons. The van der Waals surface area contributed by atoms with Gasteiger partial charge in [-0.3, -0.25) is 0 Å². The van der Waals surface area contributed by atoms with Crippen molar-refractivity contribution in [2.75, 3.05) is 5.32 Å². The summed E-state index contributed by atoms with van der Waals surface area (Å²) >= 11 is 0. The molecule has 1 fully saturated rings. The Kier molecular flexibility index (Phi) is 2.29. The maximum Gasteiger partial charge on any atom is 0.335 e. The van der Waals surface area contributed by atoms with Crippen LogP contribution in [-0.4, -0.2) is 21.6 Å². The number of aromatic carboxylic acids is 1. The van der Waals surface area contributed by atoms with Crippen LogP contribution >= 0.6 is 0 Å². The average Bonchev–Trinajstić information content (AvgIpc) is 2.67. The second-order valence-corrected chi connectivity index (χ2v) is 5.05. The number of rotatable bonds is 3. The van der Waals surface area contributed by atoms with Crippen LogP contribution in [0.3, 0.4) is 0 Å². The number of benzene rings is 1. The van der Waals surface area contributed by atoms with E-state index in [0.29, 0.717) is 17.1 Å². The number of nitrogens with one attached hydrogen (secondary N) is 1. The molecule has 2 aromatic rings. The minimum absolute atomic E-state index is 0.0660. The number of hydrogen-bond acceptors (Lipinski definition) is 4. The van der Waals surface area contributed by atoms with Gasteiger partial charge in [-0.2, -0.15) is 4.98 Å². The molecule has 1 aliphatic carbocycles. The largest absolute Gasteiger partial charge is 0.478 e. The van der Waals surface area contributed by atoms with Crippen molar-refractivity contribution < 1.29 is 14.3 Å². The lowest BCUT2D eigenvalue weighted by Gasteiger charge is -2.38. The van der Waals surface area contributed by atoms with Gasteiger partial charge in [0.2, 0.25) is 0 Å². The predicted octanol–water partition coefficient (Wildman–Crippen LogP) is 2.88. The topological polar surface area (TPSA) is 75.4 Å². The Balaban J connectivity index is 1.93. The second-order valence-electron chi connectivity index (χ2n) is 5.05. The highest BCUT2D eigenvalue weighted by molar-refractivity contribution is 5.92. The maximum absolute atomic E-state index is 10.9. The molecule has 0 saturated heterocycles. The summed E-state index contributed by atoms with van der Waals surface area (Å²) in [6.45, 7) is 2.13. The Labute approximate surface area is 104 Å². The standard InChI is InChI=1S/C13H14N2O3/c1-13(5-2-6-13)15-12-14-9-4-3-8(11(16)17)7-10(9)18-12/h3-4,7H,2,5-6H2,1H3,(H,14,15)(H,16,17). The molecule has 1 aromatic carbocycles. The molecule has 0 unspecified atom stereocenters. The zero-order valence-corrected chi connectivity index (χ0v) is 10.1. The number of carboxylic acids is 1. The molecule has 18 heavy (non-hydrogen) atoms. The number of oxazole rings is 1. The zero-order chi connectivity index (χ0) is 12.8. The van der Waals surface area contributed by atoms with E-state index in [0.717, 1.165) is 12.8 Å². The monoisotopic (exact) mass is 246 g/mol. The number of carboxylic acid groups (broad SMARTS) is 1. The summed E-state index contributed by atoms with van der Waals surface area (Å²) in [5, 5.41) is 12.2. The Morgan fingerprint density at radius 3 is 2.89 bits per heavy atom. The van der Waals surface area contributed by atoms with Crippen LogP contribution in [0.5, 0.6) is 0 Å². The van der Waals surface area contributed by atoms with Gasteiger partial charge < -0.3 is 14.8 Å². The first kappa shape index (κ1) is 11.1. The highest BCUT2D eigenvalue weighted by Crippen LogP contribution is 2.35. The van der Waals surface area contributed by atoms with Crippen molar-refractivity contribution in [1.29, 1.82) is 0 Å². The van der Waals surface area contributed by atoms with Crippen molar-refractivity contribution in [3.8, 4) is 0 Å². The van der Waals surface area contributed by atoms with Gasteiger partial charge in [0.25, 0.3) is 6.01 Å². The van der Waals surface area contributed by atoms with Gasteiger partial charge in [-0.05, 0) is 44.4 Å². The molecule has 1 aliphatic rings. The Morgan fingerprint density at radius 2 is 2.28 bits per heavy atom. The quantitative estimate of drug-likeness (QED) is 0.870. The minimum atomic E-state index is -0.964. The van der Waals surface area contributed by atoms with E-state index in [-0.39, 0.29) is 11.1 Å². The van der Waals surface area contributed by atoms with Crippen molar-refractivity contribution in [2.45, 2.75) is 31.7 Å². The molecule has 94 valence electrons. The first-order chi connectivity index (χ1) is 8.56. The van der Waals surface area contributed by atoms with Crippen molar-refractivity contribution in [3.63, 3.8) is 0 Å². The third kappa shape index (κ3) is 1.81. The molecule has 5 nitrogen and oxygen atoms in total. The molecule has 1 heterocycles. The van der Waals surface area contributed by atoms with E-state index in [4.69, 9.17) is 9.52 Å². The lowest BCUT2D eigenvalue weighted by atomic mass is 9.79. The maximum atomic E-state index is 10.9. The molecule has 2 N–H and O–H groups in total. The highest BCUT2D eigenvalue weighted by atomic mass is 16.4. The summed E-state index contributed by atoms with van der Waals surface area (Å²) in [5.74, 6) is -0.964. The van der Waals surface area contributed by atoms with Gasteiger partial charge in [-0.1, -0.05) is 0 Å². The molecule has 0 spiro atoms. The number of nitrogens with zero attached hydrogens (tertiary/aromatic N) is 1. The number of carbonyl (C=O) groups is 1. The van der Waals surface area contributed by atoms with Crippen molar-refractivity contribution in [2.24, 2.45) is 0 Å². The number of aromatic nitrogens is 1. The highest BCUT2D eigenvalue weighted by Gasteiger charge is 2.32. The Bertz CT molecular complexity index is 614. The fraction of sp³-hybridized carbons (Fsp3) is 0.385. The summed E-state index contributed by atoms with van der Waals surface area (Å²) < 4.78 is 5.54. The molecular weight excluding hydrogens is 232 g/mol. The summed E-state index contributed by atoms with van der Waals surface area (Å²) in [4.78, 5) is 15.2. The van der Waals surface area contributed by atoms with Gasteiger partial charge in [0.15, 0.2) is 5.58 Å². The van der Waals surface area contributed by atoms with Gasteiger partial charge in [0, 0.05) is 5.54 Å². The molecule has 0 aliphatic heterocycles. The van der Waals surface area contributed by atoms with Crippen LogP contribution in [-0.2, 0) is 0 Å². The number of fused-ring (bicyclic) bond motifs is 1. The van der Waals surface area contributed by atoms with Gasteiger partial charge in [-0.15, -0.1) is 0 Å². The zero-order valence-electron chi connectivity index (χ0n) is 10.1. The first-order valence-electron chi connectivity index (χ1n) is 5.98. The van der Waals surface area contributed by atoms with E-state index >= 15 is 0 Å². The molecule has 1 saturated carbocycles. The number of anilines is 1. The Hall–Kier alpha value is -2.04. The van der Waals surface area contributed by atoms with Crippen LogP contribution in [0.4, 0.5) is 6.01 Å². The second kappa shape index (κ2) is 3.73. The van der Waals surface area contributed by atoms with Gasteiger partial charge >= 0.3 is 5.97 Å². The molecule has 0 bridgehead atoms. The molecule has 5 heteroatoms. The molecule has 0 amide bonds. The van der Waals surface area contributed by atoms with Crippen LogP contribution in [0, 0.1) is 0 Å². The van der Waals surface area contributed by atoms with Gasteiger partial charge in [-0.25, -0.2) is 4.79 Å². The lowest BCUT2D eigenvalue weighted by molar-refractivity contribution is 0.0697. The van der Waals surface area contributed by atoms with Crippen LogP contribution in [0.1, 0.15) is 36.5 Å². The normalized spacial score (nSPS) is 17.4. The molecular formula is C13H14N2O3. The number of hydrogen-bond donors (Lipinski definition) is 2. The van der Waals surface area contributed by atoms with Crippen molar-refractivity contribution in [1.82, 2.24) is 4.98 Å². The van der Waals surface area contributed by atoms with E-state index in [2.05, 4.69) is 17.2 Å². The predicted molar refractivity (Wildman–Crippen MR) is 66.8 cm³/mol. The third-order valence-corrected chi connectivity index (χ3v) is 3.50. The molecule has 0 atom stereocenters. The summed E-state index contributed by atoms with van der Waals surface area (Å²) in [5.41, 5.74) is 1.45. The van der Waals surface area contributed by atoms with E-state index in [1.165, 1.54) is 18.6 Å². The molecule has 1 aromatic heterocycles. The van der Waals surface area contributed by atoms with Crippen LogP contribution in [0.15, 0.2) is 22.6 Å². The summed E-state index contributed by atoms with van der Waals surface area (Å²) in [6.07, 6.45) is 3.42. The first-order valence-corrected chi connectivity index (χ1v) is 5.98. The smallest absolute Gasteiger partial charge is 0.335 e. The van der Waals surface area contributed by atoms with Gasteiger partial charge in [0.1, 0.15) is 5.52 Å². The van der Waals surface area contributed by atoms with Crippen molar-refractivity contribution >= 4 is 23.1 Å². The Morgan fingerprint density at radius 1 is 1.50 bits per heavy atom. The minimum Gasteiger partial charge on any atom is -0.478 e. The SMILES string of the molecule is CC1(Nc2nc3ccc(C(=O)O)cc3o2)CCC1. The van der Waals surface area contributed by atoms with Gasteiger partial charge in [0.05, 0.1) is 5.56 Å². The third-order valence-electron chi connectivity index (χ3n) is 3.50. The lowest BCUT2D eigenvalue weighted by Crippen LogP contribution is -2.41. The van der Waals surface area contributed by atoms with Crippen LogP contribution in [0.2, 0.25) is 0 Å². The van der Waals surface area contributed by atoms with Crippen molar-refractivity contribution in [3.05, 3.63) is 23.8 Å². The summed E-state index contributed by atoms with van der Waals surface area (Å²) in [6, 6.07) is 5.16. The fourth-order valence-corrected chi connectivity index (χ4v) is 2.20. The fourth-order valence-electron chi connectivity index (χ4n) is 2.20. The van der Waals surface area contributed by atoms with Crippen LogP contribution in [0.25, 0.3) is 11.1 Å². The molecule has 3 rings (SSSR count).